The first-order valence-electron chi connectivity index (χ1n) is 13.2. The molecule has 0 bridgehead atoms. The maximum absolute atomic E-state index is 13.9. The van der Waals surface area contributed by atoms with Gasteiger partial charge in [-0.2, -0.15) is 0 Å². The van der Waals surface area contributed by atoms with Crippen LogP contribution in [0.1, 0.15) is 68.1 Å². The Morgan fingerprint density at radius 2 is 1.87 bits per heavy atom. The second-order valence-electron chi connectivity index (χ2n) is 11.8. The second-order valence-corrected chi connectivity index (χ2v) is 11.8. The van der Waals surface area contributed by atoms with Crippen molar-refractivity contribution in [2.24, 2.45) is 11.3 Å². The number of ketones is 1. The van der Waals surface area contributed by atoms with Crippen molar-refractivity contribution >= 4 is 17.7 Å². The summed E-state index contributed by atoms with van der Waals surface area (Å²) < 4.78 is 12.4. The topological polar surface area (TPSA) is 106 Å². The van der Waals surface area contributed by atoms with Crippen LogP contribution in [0.4, 0.5) is 0 Å². The number of carbonyl (C=O) groups excluding carboxylic acids is 2. The summed E-state index contributed by atoms with van der Waals surface area (Å²) in [5, 5.41) is 9.51. The third-order valence-corrected chi connectivity index (χ3v) is 8.05. The molecule has 204 valence electrons. The molecule has 5 rings (SSSR count). The van der Waals surface area contributed by atoms with Gasteiger partial charge in [-0.15, -0.1) is 0 Å². The number of methoxy groups -OCH3 is 1. The Kier molecular flexibility index (Phi) is 6.40. The number of allylic oxidation sites excluding steroid dienone is 2. The van der Waals surface area contributed by atoms with E-state index in [-0.39, 0.29) is 34.8 Å². The number of benzene rings is 1. The molecule has 0 saturated carbocycles. The molecule has 2 aromatic rings. The average molecular weight is 531 g/mol. The molecule has 1 N–H and O–H groups in total. The van der Waals surface area contributed by atoms with Crippen LogP contribution < -0.4 is 4.74 Å². The number of amides is 1. The monoisotopic (exact) mass is 530 g/mol. The molecule has 1 amide bonds. The van der Waals surface area contributed by atoms with Gasteiger partial charge in [-0.25, -0.2) is 9.78 Å². The molecule has 1 aromatic carbocycles. The van der Waals surface area contributed by atoms with Crippen LogP contribution in [0.15, 0.2) is 53.0 Å². The summed E-state index contributed by atoms with van der Waals surface area (Å²) in [5.74, 6) is -0.155. The van der Waals surface area contributed by atoms with Crippen molar-refractivity contribution in [1.82, 2.24) is 9.88 Å². The Labute approximate surface area is 228 Å². The summed E-state index contributed by atoms with van der Waals surface area (Å²) in [6.45, 7) is 10.1. The number of hydrogen-bond acceptors (Lipinski definition) is 6. The van der Waals surface area contributed by atoms with Gasteiger partial charge in [-0.05, 0) is 48.1 Å². The Hall–Kier alpha value is -3.94. The van der Waals surface area contributed by atoms with Gasteiger partial charge in [-0.3, -0.25) is 9.59 Å². The first-order valence-corrected chi connectivity index (χ1v) is 13.2. The number of carboxylic acids is 1. The maximum atomic E-state index is 13.9. The van der Waals surface area contributed by atoms with E-state index in [1.54, 1.807) is 37.3 Å². The normalized spacial score (nSPS) is 22.2. The van der Waals surface area contributed by atoms with Crippen LogP contribution in [-0.2, 0) is 14.3 Å². The minimum atomic E-state index is -1.12. The number of carboxylic acid groups (broad SMARTS) is 1. The Morgan fingerprint density at radius 1 is 1.15 bits per heavy atom. The number of aromatic carboxylic acids is 1. The zero-order chi connectivity index (χ0) is 28.4. The van der Waals surface area contributed by atoms with Crippen molar-refractivity contribution in [2.45, 2.75) is 59.4 Å². The molecule has 3 aliphatic rings. The van der Waals surface area contributed by atoms with Crippen LogP contribution in [-0.4, -0.2) is 52.8 Å². The largest absolute Gasteiger partial charge is 0.496 e. The van der Waals surface area contributed by atoms with Crippen molar-refractivity contribution in [1.29, 1.82) is 0 Å². The van der Waals surface area contributed by atoms with Gasteiger partial charge in [0, 0.05) is 36.6 Å². The molecule has 0 spiro atoms. The quantitative estimate of drug-likeness (QED) is 0.561. The number of likely N-dealkylation sites (N-methyl/N-ethyl adjacent to an activating group) is 1. The lowest BCUT2D eigenvalue weighted by molar-refractivity contribution is -0.126. The first kappa shape index (κ1) is 26.7. The number of pyridine rings is 1. The fourth-order valence-electron chi connectivity index (χ4n) is 6.37. The van der Waals surface area contributed by atoms with E-state index < -0.39 is 11.9 Å². The van der Waals surface area contributed by atoms with Crippen molar-refractivity contribution in [3.8, 4) is 17.0 Å². The highest BCUT2D eigenvalue weighted by atomic mass is 16.5. The number of ether oxygens (including phenoxy) is 2. The molecule has 2 aliphatic heterocycles. The molecule has 0 fully saturated rings. The molecule has 0 saturated heterocycles. The van der Waals surface area contributed by atoms with E-state index in [0.717, 1.165) is 5.56 Å². The zero-order valence-electron chi connectivity index (χ0n) is 23.4. The minimum Gasteiger partial charge on any atom is -0.496 e. The molecule has 1 aromatic heterocycles. The lowest BCUT2D eigenvalue weighted by Gasteiger charge is -2.39. The standard InChI is InChI=1S/C31H34N2O6/c1-15(2)27-28-26(29(35)33(27)6)25(24-20(34)13-31(4,5)14-22(24)39-28)23-16(3)17(11-12-21(23)38-7)18-9-8-10-19(32-18)30(36)37/h8-12,15,25,27H,13-14H2,1-7H3,(H,36,37)/t25-,27+/m1/s1. The fourth-order valence-corrected chi connectivity index (χ4v) is 6.37. The van der Waals surface area contributed by atoms with Gasteiger partial charge in [0.1, 0.15) is 23.0 Å². The predicted molar refractivity (Wildman–Crippen MR) is 145 cm³/mol. The van der Waals surface area contributed by atoms with Crippen LogP contribution in [0, 0.1) is 18.3 Å². The lowest BCUT2D eigenvalue weighted by Crippen LogP contribution is -2.36. The SMILES string of the molecule is COc1ccc(-c2cccc(C(=O)O)n2)c(C)c1[C@@H]1C2=C(CC(C)(C)CC2=O)OC2=C1C(=O)N(C)[C@H]2C(C)C. The summed E-state index contributed by atoms with van der Waals surface area (Å²) in [7, 11) is 3.34. The van der Waals surface area contributed by atoms with E-state index in [1.165, 1.54) is 6.07 Å². The van der Waals surface area contributed by atoms with Crippen LogP contribution in [0.25, 0.3) is 11.3 Å². The van der Waals surface area contributed by atoms with Gasteiger partial charge in [0.25, 0.3) is 5.91 Å². The minimum absolute atomic E-state index is 0.0425. The highest BCUT2D eigenvalue weighted by Gasteiger charge is 2.52. The fraction of sp³-hybridized carbons (Fsp3) is 0.419. The third kappa shape index (κ3) is 4.22. The first-order chi connectivity index (χ1) is 18.4. The zero-order valence-corrected chi connectivity index (χ0v) is 23.4. The molecule has 1 aliphatic carbocycles. The van der Waals surface area contributed by atoms with Gasteiger partial charge in [0.2, 0.25) is 0 Å². The molecule has 2 atom stereocenters. The number of rotatable bonds is 5. The van der Waals surface area contributed by atoms with Crippen molar-refractivity contribution in [2.75, 3.05) is 14.2 Å². The van der Waals surface area contributed by atoms with Crippen LogP contribution in [0.3, 0.4) is 0 Å². The smallest absolute Gasteiger partial charge is 0.354 e. The van der Waals surface area contributed by atoms with E-state index in [1.807, 2.05) is 13.0 Å². The molecular weight excluding hydrogens is 496 g/mol. The maximum Gasteiger partial charge on any atom is 0.354 e. The molecular formula is C31H34N2O6. The average Bonchev–Trinajstić information content (AvgIpc) is 3.11. The van der Waals surface area contributed by atoms with Crippen molar-refractivity contribution in [3.05, 3.63) is 69.8 Å². The summed E-state index contributed by atoms with van der Waals surface area (Å²) in [6.07, 6.45) is 0.919. The number of hydrogen-bond donors (Lipinski definition) is 1. The summed E-state index contributed by atoms with van der Waals surface area (Å²) in [4.78, 5) is 45.4. The number of aromatic nitrogens is 1. The van der Waals surface area contributed by atoms with E-state index in [0.29, 0.717) is 58.1 Å². The molecule has 0 radical (unpaired) electrons. The summed E-state index contributed by atoms with van der Waals surface area (Å²) >= 11 is 0. The Bertz CT molecular complexity index is 1480. The highest BCUT2D eigenvalue weighted by molar-refractivity contribution is 6.07. The van der Waals surface area contributed by atoms with Crippen LogP contribution in [0.2, 0.25) is 0 Å². The molecule has 8 nitrogen and oxygen atoms in total. The number of carbonyl (C=O) groups is 3. The molecule has 0 unspecified atom stereocenters. The number of Topliss-reactive ketones (excluding diaryl/α,β-unsaturated/α-hetero) is 1. The van der Waals surface area contributed by atoms with Gasteiger partial charge in [-0.1, -0.05) is 33.8 Å². The van der Waals surface area contributed by atoms with E-state index in [9.17, 15) is 19.5 Å². The third-order valence-electron chi connectivity index (χ3n) is 8.05. The van der Waals surface area contributed by atoms with Crippen LogP contribution in [0.5, 0.6) is 5.75 Å². The Balaban J connectivity index is 1.80. The van der Waals surface area contributed by atoms with Gasteiger partial charge < -0.3 is 19.5 Å². The molecule has 39 heavy (non-hydrogen) atoms. The van der Waals surface area contributed by atoms with E-state index in [2.05, 4.69) is 32.7 Å². The molecule has 3 heterocycles. The second kappa shape index (κ2) is 9.36. The predicted octanol–water partition coefficient (Wildman–Crippen LogP) is 5.27. The van der Waals surface area contributed by atoms with Crippen molar-refractivity contribution in [3.63, 3.8) is 0 Å². The van der Waals surface area contributed by atoms with E-state index >= 15 is 0 Å². The Morgan fingerprint density at radius 3 is 2.51 bits per heavy atom. The highest BCUT2D eigenvalue weighted by Crippen LogP contribution is 2.55. The lowest BCUT2D eigenvalue weighted by atomic mass is 9.68. The summed E-state index contributed by atoms with van der Waals surface area (Å²) in [6, 6.07) is 8.22. The summed E-state index contributed by atoms with van der Waals surface area (Å²) in [5.41, 5.74) is 3.27. The van der Waals surface area contributed by atoms with Gasteiger partial charge >= 0.3 is 5.97 Å². The van der Waals surface area contributed by atoms with Gasteiger partial charge in [0.05, 0.1) is 30.3 Å². The van der Waals surface area contributed by atoms with E-state index in [4.69, 9.17) is 9.47 Å². The van der Waals surface area contributed by atoms with Crippen molar-refractivity contribution < 1.29 is 29.0 Å². The van der Waals surface area contributed by atoms with Gasteiger partial charge in [0.15, 0.2) is 5.78 Å². The number of nitrogens with zero attached hydrogens (tertiary/aromatic N) is 2. The van der Waals surface area contributed by atoms with Crippen LogP contribution >= 0.6 is 0 Å². The molecule has 8 heteroatoms.